The Labute approximate surface area is 120 Å². The Morgan fingerprint density at radius 2 is 2.16 bits per heavy atom. The number of nitrogens with two attached hydrogens (primary N) is 1. The van der Waals surface area contributed by atoms with E-state index in [1.165, 1.54) is 0 Å². The third-order valence-corrected chi connectivity index (χ3v) is 3.24. The van der Waals surface area contributed by atoms with Gasteiger partial charge in [0.15, 0.2) is 0 Å². The zero-order valence-corrected chi connectivity index (χ0v) is 12.6. The van der Waals surface area contributed by atoms with E-state index in [0.29, 0.717) is 23.9 Å². The zero-order chi connectivity index (χ0) is 14.5. The number of amides is 1. The Balaban J connectivity index is 2.63. The first-order valence-electron chi connectivity index (χ1n) is 6.60. The highest BCUT2D eigenvalue weighted by atomic mass is 35.5. The first-order valence-corrected chi connectivity index (χ1v) is 6.98. The van der Waals surface area contributed by atoms with Crippen LogP contribution in [0.1, 0.15) is 32.8 Å². The van der Waals surface area contributed by atoms with Crippen LogP contribution in [0.3, 0.4) is 0 Å². The predicted octanol–water partition coefficient (Wildman–Crippen LogP) is 2.76. The highest BCUT2D eigenvalue weighted by Crippen LogP contribution is 2.16. The van der Waals surface area contributed by atoms with Crippen LogP contribution in [0.15, 0.2) is 24.3 Å². The molecule has 1 rings (SSSR count). The minimum absolute atomic E-state index is 0.0177. The van der Waals surface area contributed by atoms with Crippen molar-refractivity contribution < 1.29 is 4.79 Å². The number of hydrogen-bond donors (Lipinski definition) is 2. The third kappa shape index (κ3) is 5.62. The molecule has 0 heterocycles. The number of nitrogens with one attached hydrogen (secondary N) is 1. The molecule has 4 heteroatoms. The van der Waals surface area contributed by atoms with Crippen molar-refractivity contribution in [2.45, 2.75) is 39.2 Å². The van der Waals surface area contributed by atoms with E-state index in [4.69, 9.17) is 17.3 Å². The molecule has 1 aromatic carbocycles. The molecule has 0 aromatic heterocycles. The fourth-order valence-corrected chi connectivity index (χ4v) is 2.51. The molecule has 0 saturated heterocycles. The summed E-state index contributed by atoms with van der Waals surface area (Å²) in [6.45, 7) is 6.67. The van der Waals surface area contributed by atoms with Gasteiger partial charge in [0.2, 0.25) is 5.91 Å². The number of hydrogen-bond acceptors (Lipinski definition) is 2. The minimum atomic E-state index is -0.343. The first kappa shape index (κ1) is 16.0. The van der Waals surface area contributed by atoms with Gasteiger partial charge in [0.25, 0.3) is 0 Å². The van der Waals surface area contributed by atoms with Gasteiger partial charge < -0.3 is 11.1 Å². The van der Waals surface area contributed by atoms with Gasteiger partial charge in [0.05, 0.1) is 6.42 Å². The lowest BCUT2D eigenvalue weighted by Crippen LogP contribution is -2.52. The van der Waals surface area contributed by atoms with E-state index in [2.05, 4.69) is 19.2 Å². The summed E-state index contributed by atoms with van der Waals surface area (Å²) < 4.78 is 0. The van der Waals surface area contributed by atoms with Gasteiger partial charge in [-0.25, -0.2) is 0 Å². The Hall–Kier alpha value is -1.06. The van der Waals surface area contributed by atoms with Gasteiger partial charge in [0.1, 0.15) is 0 Å². The molecule has 19 heavy (non-hydrogen) atoms. The number of rotatable bonds is 6. The molecule has 3 N–H and O–H groups in total. The van der Waals surface area contributed by atoms with Crippen LogP contribution in [0, 0.1) is 5.92 Å². The van der Waals surface area contributed by atoms with Crippen molar-refractivity contribution in [1.82, 2.24) is 5.32 Å². The summed E-state index contributed by atoms with van der Waals surface area (Å²) >= 11 is 5.91. The van der Waals surface area contributed by atoms with E-state index in [0.717, 1.165) is 12.0 Å². The van der Waals surface area contributed by atoms with Gasteiger partial charge in [-0.2, -0.15) is 0 Å². The maximum atomic E-state index is 12.1. The highest BCUT2D eigenvalue weighted by Gasteiger charge is 2.25. The lowest BCUT2D eigenvalue weighted by molar-refractivity contribution is -0.122. The van der Waals surface area contributed by atoms with Crippen molar-refractivity contribution in [3.63, 3.8) is 0 Å². The molecule has 3 nitrogen and oxygen atoms in total. The van der Waals surface area contributed by atoms with Crippen molar-refractivity contribution in [3.05, 3.63) is 34.9 Å². The maximum absolute atomic E-state index is 12.1. The Kier molecular flexibility index (Phi) is 5.83. The zero-order valence-electron chi connectivity index (χ0n) is 11.9. The van der Waals surface area contributed by atoms with Crippen molar-refractivity contribution in [3.8, 4) is 0 Å². The molecule has 1 unspecified atom stereocenters. The summed E-state index contributed by atoms with van der Waals surface area (Å²) in [5, 5.41) is 3.68. The van der Waals surface area contributed by atoms with Crippen LogP contribution in [0.25, 0.3) is 0 Å². The van der Waals surface area contributed by atoms with E-state index >= 15 is 0 Å². The maximum Gasteiger partial charge on any atom is 0.224 e. The van der Waals surface area contributed by atoms with Crippen LogP contribution >= 0.6 is 11.6 Å². The Morgan fingerprint density at radius 1 is 1.47 bits per heavy atom. The molecule has 0 saturated carbocycles. The van der Waals surface area contributed by atoms with Gasteiger partial charge in [-0.05, 0) is 37.0 Å². The summed E-state index contributed by atoms with van der Waals surface area (Å²) in [4.78, 5) is 12.1. The van der Waals surface area contributed by atoms with Crippen molar-refractivity contribution >= 4 is 17.5 Å². The summed E-state index contributed by atoms with van der Waals surface area (Å²) in [7, 11) is 0. The molecule has 0 radical (unpaired) electrons. The van der Waals surface area contributed by atoms with E-state index in [1.54, 1.807) is 6.07 Å². The minimum Gasteiger partial charge on any atom is -0.349 e. The lowest BCUT2D eigenvalue weighted by atomic mass is 9.90. The number of carbonyl (C=O) groups excluding carboxylic acids is 1. The monoisotopic (exact) mass is 282 g/mol. The topological polar surface area (TPSA) is 55.1 Å². The van der Waals surface area contributed by atoms with Crippen molar-refractivity contribution in [1.29, 1.82) is 0 Å². The van der Waals surface area contributed by atoms with Crippen molar-refractivity contribution in [2.24, 2.45) is 11.7 Å². The number of carbonyl (C=O) groups is 1. The van der Waals surface area contributed by atoms with Crippen LogP contribution in [-0.4, -0.2) is 18.0 Å². The Bertz CT molecular complexity index is 434. The fourth-order valence-electron chi connectivity index (χ4n) is 2.30. The third-order valence-electron chi connectivity index (χ3n) is 3.00. The van der Waals surface area contributed by atoms with E-state index in [1.807, 2.05) is 25.1 Å². The van der Waals surface area contributed by atoms with Crippen LogP contribution in [0.2, 0.25) is 5.02 Å². The molecule has 0 aliphatic heterocycles. The van der Waals surface area contributed by atoms with E-state index in [-0.39, 0.29) is 11.4 Å². The smallest absolute Gasteiger partial charge is 0.224 e. The van der Waals surface area contributed by atoms with Crippen LogP contribution in [0.4, 0.5) is 0 Å². The standard InChI is InChI=1S/C15H23ClN2O/c1-11(2)9-15(3,10-17)18-14(19)8-12-5-4-6-13(16)7-12/h4-7,11H,8-10,17H2,1-3H3,(H,18,19). The van der Waals surface area contributed by atoms with Crippen LogP contribution < -0.4 is 11.1 Å². The largest absolute Gasteiger partial charge is 0.349 e. The Morgan fingerprint density at radius 3 is 2.68 bits per heavy atom. The van der Waals surface area contributed by atoms with Crippen molar-refractivity contribution in [2.75, 3.05) is 6.54 Å². The van der Waals surface area contributed by atoms with Gasteiger partial charge >= 0.3 is 0 Å². The first-order chi connectivity index (χ1) is 8.84. The molecule has 0 fully saturated rings. The predicted molar refractivity (Wildman–Crippen MR) is 80.2 cm³/mol. The van der Waals surface area contributed by atoms with Gasteiger partial charge in [-0.3, -0.25) is 4.79 Å². The molecule has 1 aromatic rings. The quantitative estimate of drug-likeness (QED) is 0.843. The van der Waals surface area contributed by atoms with Gasteiger partial charge in [0, 0.05) is 17.1 Å². The normalized spacial score (nSPS) is 14.2. The molecular weight excluding hydrogens is 260 g/mol. The summed E-state index contributed by atoms with van der Waals surface area (Å²) in [6.07, 6.45) is 1.19. The van der Waals surface area contributed by atoms with Crippen LogP contribution in [0.5, 0.6) is 0 Å². The summed E-state index contributed by atoms with van der Waals surface area (Å²) in [5.74, 6) is 0.468. The van der Waals surface area contributed by atoms with E-state index in [9.17, 15) is 4.79 Å². The molecule has 106 valence electrons. The molecule has 1 amide bonds. The number of halogens is 1. The summed E-state index contributed by atoms with van der Waals surface area (Å²) in [6, 6.07) is 7.35. The molecular formula is C15H23ClN2O. The average molecular weight is 283 g/mol. The highest BCUT2D eigenvalue weighted by molar-refractivity contribution is 6.30. The molecule has 0 aliphatic rings. The van der Waals surface area contributed by atoms with E-state index < -0.39 is 0 Å². The summed E-state index contributed by atoms with van der Waals surface area (Å²) in [5.41, 5.74) is 6.35. The lowest BCUT2D eigenvalue weighted by Gasteiger charge is -2.31. The number of benzene rings is 1. The molecule has 1 atom stereocenters. The SMILES string of the molecule is CC(C)CC(C)(CN)NC(=O)Cc1cccc(Cl)c1. The average Bonchev–Trinajstić information content (AvgIpc) is 2.27. The molecule has 0 aliphatic carbocycles. The van der Waals surface area contributed by atoms with Crippen LogP contribution in [-0.2, 0) is 11.2 Å². The second-order valence-electron chi connectivity index (χ2n) is 5.72. The molecule has 0 spiro atoms. The fraction of sp³-hybridized carbons (Fsp3) is 0.533. The van der Waals surface area contributed by atoms with Gasteiger partial charge in [-0.1, -0.05) is 37.6 Å². The van der Waals surface area contributed by atoms with Gasteiger partial charge in [-0.15, -0.1) is 0 Å². The molecule has 0 bridgehead atoms. The second kappa shape index (κ2) is 6.92. The second-order valence-corrected chi connectivity index (χ2v) is 6.15.